The van der Waals surface area contributed by atoms with Crippen LogP contribution in [-0.4, -0.2) is 11.1 Å². The standard InChI is InChI=1S/C18H20N2O3/c1-12-2-6-15(23-12)11-19-17-8-5-14-10-13(3-7-16(14)17)4-9-18(21)20-22/h2-4,6-7,9-10,17,19,22H,5,8,11H2,1H3,(H,20,21). The molecule has 120 valence electrons. The van der Waals surface area contributed by atoms with E-state index in [0.717, 1.165) is 36.5 Å². The summed E-state index contributed by atoms with van der Waals surface area (Å²) in [4.78, 5) is 11.0. The molecule has 0 saturated heterocycles. The first-order valence-corrected chi connectivity index (χ1v) is 7.69. The molecular weight excluding hydrogens is 292 g/mol. The highest BCUT2D eigenvalue weighted by Crippen LogP contribution is 2.32. The summed E-state index contributed by atoms with van der Waals surface area (Å²) in [6.07, 6.45) is 5.07. The maximum Gasteiger partial charge on any atom is 0.267 e. The Kier molecular flexibility index (Phi) is 4.60. The summed E-state index contributed by atoms with van der Waals surface area (Å²) < 4.78 is 5.59. The lowest BCUT2D eigenvalue weighted by molar-refractivity contribution is -0.124. The molecule has 5 heteroatoms. The fourth-order valence-electron chi connectivity index (χ4n) is 2.97. The van der Waals surface area contributed by atoms with E-state index in [9.17, 15) is 4.79 Å². The van der Waals surface area contributed by atoms with Gasteiger partial charge in [0, 0.05) is 12.1 Å². The summed E-state index contributed by atoms with van der Waals surface area (Å²) >= 11 is 0. The van der Waals surface area contributed by atoms with Gasteiger partial charge in [0.15, 0.2) is 0 Å². The predicted molar refractivity (Wildman–Crippen MR) is 86.8 cm³/mol. The summed E-state index contributed by atoms with van der Waals surface area (Å²) in [6, 6.07) is 10.5. The zero-order valence-corrected chi connectivity index (χ0v) is 13.0. The molecule has 1 atom stereocenters. The predicted octanol–water partition coefficient (Wildman–Crippen LogP) is 2.88. The number of benzene rings is 1. The zero-order chi connectivity index (χ0) is 16.2. The maximum atomic E-state index is 11.0. The Morgan fingerprint density at radius 2 is 2.26 bits per heavy atom. The smallest absolute Gasteiger partial charge is 0.267 e. The number of hydroxylamine groups is 1. The summed E-state index contributed by atoms with van der Waals surface area (Å²) in [5.41, 5.74) is 5.14. The molecule has 1 aliphatic carbocycles. The van der Waals surface area contributed by atoms with Gasteiger partial charge in [-0.2, -0.15) is 0 Å². The summed E-state index contributed by atoms with van der Waals surface area (Å²) in [5.74, 6) is 1.35. The second kappa shape index (κ2) is 6.81. The van der Waals surface area contributed by atoms with E-state index in [4.69, 9.17) is 9.62 Å². The van der Waals surface area contributed by atoms with Gasteiger partial charge in [0.05, 0.1) is 6.54 Å². The minimum Gasteiger partial charge on any atom is -0.465 e. The van der Waals surface area contributed by atoms with E-state index in [2.05, 4.69) is 17.4 Å². The van der Waals surface area contributed by atoms with Crippen molar-refractivity contribution in [3.63, 3.8) is 0 Å². The molecule has 3 N–H and O–H groups in total. The molecule has 0 bridgehead atoms. The van der Waals surface area contributed by atoms with Crippen molar-refractivity contribution in [3.05, 3.63) is 64.6 Å². The number of carbonyl (C=O) groups is 1. The van der Waals surface area contributed by atoms with Crippen molar-refractivity contribution in [3.8, 4) is 0 Å². The topological polar surface area (TPSA) is 74.5 Å². The van der Waals surface area contributed by atoms with Gasteiger partial charge < -0.3 is 9.73 Å². The van der Waals surface area contributed by atoms with Crippen LogP contribution in [0.1, 0.15) is 40.7 Å². The van der Waals surface area contributed by atoms with Crippen LogP contribution in [0.2, 0.25) is 0 Å². The van der Waals surface area contributed by atoms with E-state index in [1.165, 1.54) is 17.2 Å². The Bertz CT molecular complexity index is 734. The number of aryl methyl sites for hydroxylation is 2. The molecule has 1 heterocycles. The Balaban J connectivity index is 1.66. The van der Waals surface area contributed by atoms with E-state index in [1.807, 2.05) is 25.1 Å². The number of carbonyl (C=O) groups excluding carboxylic acids is 1. The number of furan rings is 1. The third kappa shape index (κ3) is 3.70. The molecule has 23 heavy (non-hydrogen) atoms. The van der Waals surface area contributed by atoms with E-state index in [1.54, 1.807) is 11.6 Å². The molecule has 5 nitrogen and oxygen atoms in total. The molecule has 1 amide bonds. The van der Waals surface area contributed by atoms with E-state index in [0.29, 0.717) is 6.04 Å². The van der Waals surface area contributed by atoms with E-state index in [-0.39, 0.29) is 0 Å². The van der Waals surface area contributed by atoms with Gasteiger partial charge in [-0.15, -0.1) is 0 Å². The lowest BCUT2D eigenvalue weighted by Crippen LogP contribution is -2.18. The van der Waals surface area contributed by atoms with Gasteiger partial charge in [0.1, 0.15) is 11.5 Å². The molecule has 0 saturated carbocycles. The Hall–Kier alpha value is -2.37. The van der Waals surface area contributed by atoms with Crippen LogP contribution in [0.15, 0.2) is 40.8 Å². The number of fused-ring (bicyclic) bond motifs is 1. The Morgan fingerprint density at radius 1 is 1.39 bits per heavy atom. The number of amides is 1. The van der Waals surface area contributed by atoms with Gasteiger partial charge in [-0.25, -0.2) is 5.48 Å². The van der Waals surface area contributed by atoms with Crippen LogP contribution < -0.4 is 10.8 Å². The summed E-state index contributed by atoms with van der Waals surface area (Å²) in [5, 5.41) is 12.0. The number of hydrogen-bond donors (Lipinski definition) is 3. The number of nitrogens with one attached hydrogen (secondary N) is 2. The SMILES string of the molecule is Cc1ccc(CNC2CCc3cc(C=CC(=O)NO)ccc32)o1. The Morgan fingerprint density at radius 3 is 3.00 bits per heavy atom. The minimum atomic E-state index is -0.529. The lowest BCUT2D eigenvalue weighted by atomic mass is 10.0. The van der Waals surface area contributed by atoms with Crippen molar-refractivity contribution in [1.29, 1.82) is 0 Å². The summed E-state index contributed by atoms with van der Waals surface area (Å²) in [6.45, 7) is 2.66. The van der Waals surface area contributed by atoms with Crippen LogP contribution in [0.25, 0.3) is 6.08 Å². The fourth-order valence-corrected chi connectivity index (χ4v) is 2.97. The quantitative estimate of drug-likeness (QED) is 0.451. The molecule has 0 fully saturated rings. The molecule has 2 aromatic rings. The molecule has 0 radical (unpaired) electrons. The highest BCUT2D eigenvalue weighted by Gasteiger charge is 2.22. The van der Waals surface area contributed by atoms with E-state index < -0.39 is 5.91 Å². The van der Waals surface area contributed by atoms with Crippen molar-refractivity contribution in [1.82, 2.24) is 10.8 Å². The highest BCUT2D eigenvalue weighted by molar-refractivity contribution is 5.90. The van der Waals surface area contributed by atoms with E-state index >= 15 is 0 Å². The molecule has 1 aromatic carbocycles. The monoisotopic (exact) mass is 312 g/mol. The van der Waals surface area contributed by atoms with Crippen molar-refractivity contribution in [2.45, 2.75) is 32.4 Å². The van der Waals surface area contributed by atoms with Gasteiger partial charge in [-0.05, 0) is 54.7 Å². The minimum absolute atomic E-state index is 0.328. The van der Waals surface area contributed by atoms with Crippen molar-refractivity contribution in [2.75, 3.05) is 0 Å². The Labute approximate surface area is 135 Å². The summed E-state index contributed by atoms with van der Waals surface area (Å²) in [7, 11) is 0. The zero-order valence-electron chi connectivity index (χ0n) is 13.0. The third-order valence-corrected chi connectivity index (χ3v) is 4.10. The molecule has 1 aliphatic rings. The van der Waals surface area contributed by atoms with Crippen LogP contribution in [-0.2, 0) is 17.8 Å². The van der Waals surface area contributed by atoms with Crippen LogP contribution >= 0.6 is 0 Å². The average Bonchev–Trinajstić information content (AvgIpc) is 3.16. The van der Waals surface area contributed by atoms with Crippen LogP contribution in [0, 0.1) is 6.92 Å². The second-order valence-corrected chi connectivity index (χ2v) is 5.75. The maximum absolute atomic E-state index is 11.0. The van der Waals surface area contributed by atoms with Gasteiger partial charge in [0.2, 0.25) is 0 Å². The number of rotatable bonds is 5. The van der Waals surface area contributed by atoms with Gasteiger partial charge >= 0.3 is 0 Å². The first-order chi connectivity index (χ1) is 11.2. The first kappa shape index (κ1) is 15.5. The molecule has 0 spiro atoms. The van der Waals surface area contributed by atoms with Crippen LogP contribution in [0.5, 0.6) is 0 Å². The van der Waals surface area contributed by atoms with Crippen molar-refractivity contribution < 1.29 is 14.4 Å². The second-order valence-electron chi connectivity index (χ2n) is 5.75. The normalized spacial score (nSPS) is 16.7. The third-order valence-electron chi connectivity index (χ3n) is 4.10. The van der Waals surface area contributed by atoms with Crippen molar-refractivity contribution >= 4 is 12.0 Å². The average molecular weight is 312 g/mol. The van der Waals surface area contributed by atoms with Gasteiger partial charge in [0.25, 0.3) is 5.91 Å². The number of hydrogen-bond acceptors (Lipinski definition) is 4. The van der Waals surface area contributed by atoms with Crippen LogP contribution in [0.3, 0.4) is 0 Å². The molecular formula is C18H20N2O3. The molecule has 0 aliphatic heterocycles. The molecule has 1 unspecified atom stereocenters. The first-order valence-electron chi connectivity index (χ1n) is 7.69. The largest absolute Gasteiger partial charge is 0.465 e. The highest BCUT2D eigenvalue weighted by atomic mass is 16.5. The fraction of sp³-hybridized carbons (Fsp3) is 0.278. The molecule has 3 rings (SSSR count). The van der Waals surface area contributed by atoms with Gasteiger partial charge in [-0.3, -0.25) is 10.0 Å². The van der Waals surface area contributed by atoms with Crippen molar-refractivity contribution in [2.24, 2.45) is 0 Å². The lowest BCUT2D eigenvalue weighted by Gasteiger charge is -2.13. The van der Waals surface area contributed by atoms with Crippen LogP contribution in [0.4, 0.5) is 0 Å². The molecule has 1 aromatic heterocycles. The van der Waals surface area contributed by atoms with Gasteiger partial charge in [-0.1, -0.05) is 18.2 Å².